The van der Waals surface area contributed by atoms with E-state index >= 15 is 0 Å². The Hall–Kier alpha value is -0.820. The van der Waals surface area contributed by atoms with Crippen LogP contribution in [0.4, 0.5) is 5.13 Å². The summed E-state index contributed by atoms with van der Waals surface area (Å²) in [5.41, 5.74) is 0. The smallest absolute Gasteiger partial charge is 0.230 e. The molecule has 1 amide bonds. The molecule has 14 heavy (non-hydrogen) atoms. The van der Waals surface area contributed by atoms with E-state index in [0.717, 1.165) is 9.47 Å². The van der Waals surface area contributed by atoms with Gasteiger partial charge in [0.1, 0.15) is 0 Å². The second-order valence-electron chi connectivity index (χ2n) is 2.71. The van der Waals surface area contributed by atoms with E-state index in [4.69, 9.17) is 0 Å². The van der Waals surface area contributed by atoms with Gasteiger partial charge in [0.05, 0.1) is 5.75 Å². The summed E-state index contributed by atoms with van der Waals surface area (Å²) >= 11 is 2.88. The number of thioether (sulfide) groups is 1. The molecule has 0 radical (unpaired) electrons. The van der Waals surface area contributed by atoms with Crippen molar-refractivity contribution in [1.29, 1.82) is 0 Å². The first-order valence-corrected chi connectivity index (χ1v) is 5.78. The molecule has 0 aliphatic heterocycles. The lowest BCUT2D eigenvalue weighted by atomic mass is 10.7. The van der Waals surface area contributed by atoms with Gasteiger partial charge in [0, 0.05) is 21.1 Å². The summed E-state index contributed by atoms with van der Waals surface area (Å²) in [6.07, 6.45) is 0. The fourth-order valence-electron chi connectivity index (χ4n) is 0.641. The summed E-state index contributed by atoms with van der Waals surface area (Å²) in [7, 11) is 5.44. The van der Waals surface area contributed by atoms with Crippen molar-refractivity contribution in [2.75, 3.05) is 31.8 Å². The van der Waals surface area contributed by atoms with Crippen LogP contribution in [0.25, 0.3) is 0 Å². The van der Waals surface area contributed by atoms with Gasteiger partial charge in [-0.2, -0.15) is 0 Å². The van der Waals surface area contributed by atoms with Crippen molar-refractivity contribution in [3.63, 3.8) is 0 Å². The van der Waals surface area contributed by atoms with Crippen LogP contribution in [-0.4, -0.2) is 43.0 Å². The molecule has 0 aliphatic carbocycles. The number of carbonyl (C=O) groups is 1. The summed E-state index contributed by atoms with van der Waals surface area (Å²) in [4.78, 5) is 12.8. The molecule has 1 heterocycles. The molecule has 5 nitrogen and oxygen atoms in total. The average molecular weight is 232 g/mol. The van der Waals surface area contributed by atoms with E-state index in [9.17, 15) is 4.79 Å². The van der Waals surface area contributed by atoms with E-state index in [2.05, 4.69) is 15.5 Å². The zero-order valence-electron chi connectivity index (χ0n) is 8.27. The Bertz CT molecular complexity index is 312. The minimum atomic E-state index is -0.00315. The number of nitrogens with one attached hydrogen (secondary N) is 1. The third kappa shape index (κ3) is 3.15. The third-order valence-electron chi connectivity index (χ3n) is 1.38. The van der Waals surface area contributed by atoms with E-state index < -0.39 is 0 Å². The van der Waals surface area contributed by atoms with Crippen molar-refractivity contribution < 1.29 is 4.79 Å². The van der Waals surface area contributed by atoms with Crippen LogP contribution in [0.2, 0.25) is 0 Å². The quantitative estimate of drug-likeness (QED) is 0.763. The molecule has 0 bridgehead atoms. The Morgan fingerprint density at radius 1 is 1.57 bits per heavy atom. The first-order chi connectivity index (χ1) is 6.63. The Morgan fingerprint density at radius 3 is 2.79 bits per heavy atom. The van der Waals surface area contributed by atoms with E-state index in [0.29, 0.717) is 5.75 Å². The van der Waals surface area contributed by atoms with Crippen LogP contribution in [0, 0.1) is 0 Å². The van der Waals surface area contributed by atoms with E-state index in [1.807, 2.05) is 19.0 Å². The van der Waals surface area contributed by atoms with Crippen LogP contribution in [0.3, 0.4) is 0 Å². The van der Waals surface area contributed by atoms with Gasteiger partial charge in [0.25, 0.3) is 0 Å². The number of aromatic nitrogens is 2. The SMILES string of the molecule is CNC(=O)CSc1nnc(N(C)C)s1. The van der Waals surface area contributed by atoms with Crippen LogP contribution in [-0.2, 0) is 4.79 Å². The lowest BCUT2D eigenvalue weighted by Crippen LogP contribution is -2.19. The van der Waals surface area contributed by atoms with Gasteiger partial charge in [-0.25, -0.2) is 0 Å². The highest BCUT2D eigenvalue weighted by atomic mass is 32.2. The normalized spacial score (nSPS) is 9.93. The largest absolute Gasteiger partial charge is 0.358 e. The van der Waals surface area contributed by atoms with Crippen LogP contribution in [0.1, 0.15) is 0 Å². The van der Waals surface area contributed by atoms with Gasteiger partial charge >= 0.3 is 0 Å². The first kappa shape index (κ1) is 11.3. The monoisotopic (exact) mass is 232 g/mol. The van der Waals surface area contributed by atoms with Gasteiger partial charge in [-0.3, -0.25) is 4.79 Å². The molecule has 78 valence electrons. The van der Waals surface area contributed by atoms with Crippen molar-refractivity contribution in [3.05, 3.63) is 0 Å². The fourth-order valence-corrected chi connectivity index (χ4v) is 2.28. The van der Waals surface area contributed by atoms with E-state index in [1.54, 1.807) is 7.05 Å². The maximum atomic E-state index is 10.9. The minimum Gasteiger partial charge on any atom is -0.358 e. The van der Waals surface area contributed by atoms with Gasteiger partial charge in [-0.05, 0) is 0 Å². The summed E-state index contributed by atoms with van der Waals surface area (Å²) in [5.74, 6) is 0.384. The molecule has 0 unspecified atom stereocenters. The first-order valence-electron chi connectivity index (χ1n) is 3.97. The summed E-state index contributed by atoms with van der Waals surface area (Å²) in [6, 6.07) is 0. The third-order valence-corrected chi connectivity index (χ3v) is 3.61. The van der Waals surface area contributed by atoms with Crippen LogP contribution >= 0.6 is 23.1 Å². The molecule has 0 atom stereocenters. The summed E-state index contributed by atoms with van der Waals surface area (Å²) in [5, 5.41) is 11.3. The predicted molar refractivity (Wildman–Crippen MR) is 59.0 cm³/mol. The molecule has 1 rings (SSSR count). The Labute approximate surface area is 90.9 Å². The van der Waals surface area contributed by atoms with Crippen molar-refractivity contribution in [3.8, 4) is 0 Å². The lowest BCUT2D eigenvalue weighted by Gasteiger charge is -2.03. The van der Waals surface area contributed by atoms with Gasteiger partial charge in [0.15, 0.2) is 4.34 Å². The Morgan fingerprint density at radius 2 is 2.29 bits per heavy atom. The Balaban J connectivity index is 2.48. The Kier molecular flexibility index (Phi) is 4.15. The maximum absolute atomic E-state index is 10.9. The molecule has 0 saturated carbocycles. The highest BCUT2D eigenvalue weighted by molar-refractivity contribution is 8.01. The van der Waals surface area contributed by atoms with Crippen molar-refractivity contribution >= 4 is 34.1 Å². The maximum Gasteiger partial charge on any atom is 0.230 e. The number of anilines is 1. The minimum absolute atomic E-state index is 0.00315. The number of carbonyl (C=O) groups excluding carboxylic acids is 1. The zero-order chi connectivity index (χ0) is 10.6. The van der Waals surface area contributed by atoms with Crippen LogP contribution < -0.4 is 10.2 Å². The zero-order valence-corrected chi connectivity index (χ0v) is 9.91. The standard InChI is InChI=1S/C7H12N4OS2/c1-8-5(12)4-13-7-10-9-6(14-7)11(2)3/h4H2,1-3H3,(H,8,12). The van der Waals surface area contributed by atoms with E-state index in [-0.39, 0.29) is 5.91 Å². The highest BCUT2D eigenvalue weighted by Gasteiger charge is 2.07. The lowest BCUT2D eigenvalue weighted by molar-refractivity contribution is -0.118. The number of hydrogen-bond acceptors (Lipinski definition) is 6. The molecular formula is C7H12N4OS2. The van der Waals surface area contributed by atoms with E-state index in [1.165, 1.54) is 23.1 Å². The summed E-state index contributed by atoms with van der Waals surface area (Å²) < 4.78 is 0.817. The second-order valence-corrected chi connectivity index (χ2v) is 4.89. The number of hydrogen-bond donors (Lipinski definition) is 1. The average Bonchev–Trinajstić information content (AvgIpc) is 2.62. The van der Waals surface area contributed by atoms with Gasteiger partial charge in [-0.1, -0.05) is 23.1 Å². The predicted octanol–water partition coefficient (Wildman–Crippen LogP) is 0.442. The van der Waals surface area contributed by atoms with Gasteiger partial charge < -0.3 is 10.2 Å². The van der Waals surface area contributed by atoms with Crippen LogP contribution in [0.5, 0.6) is 0 Å². The molecule has 0 aliphatic rings. The number of amides is 1. The van der Waals surface area contributed by atoms with Crippen molar-refractivity contribution in [1.82, 2.24) is 15.5 Å². The second kappa shape index (κ2) is 5.16. The highest BCUT2D eigenvalue weighted by Crippen LogP contribution is 2.26. The number of nitrogens with zero attached hydrogens (tertiary/aromatic N) is 3. The molecule has 0 spiro atoms. The van der Waals surface area contributed by atoms with Crippen molar-refractivity contribution in [2.24, 2.45) is 0 Å². The molecular weight excluding hydrogens is 220 g/mol. The van der Waals surface area contributed by atoms with Crippen LogP contribution in [0.15, 0.2) is 4.34 Å². The molecule has 0 aromatic carbocycles. The number of rotatable bonds is 4. The molecule has 0 fully saturated rings. The molecule has 1 aromatic rings. The van der Waals surface area contributed by atoms with Gasteiger partial charge in [0.2, 0.25) is 11.0 Å². The van der Waals surface area contributed by atoms with Crippen molar-refractivity contribution in [2.45, 2.75) is 4.34 Å². The topological polar surface area (TPSA) is 58.1 Å². The summed E-state index contributed by atoms with van der Waals surface area (Å²) in [6.45, 7) is 0. The molecule has 1 N–H and O–H groups in total. The fraction of sp³-hybridized carbons (Fsp3) is 0.571. The molecule has 0 saturated heterocycles. The molecule has 7 heteroatoms. The molecule has 1 aromatic heterocycles. The van der Waals surface area contributed by atoms with Gasteiger partial charge in [-0.15, -0.1) is 10.2 Å².